The summed E-state index contributed by atoms with van der Waals surface area (Å²) < 4.78 is 30.8. The molecule has 0 aliphatic carbocycles. The fraction of sp³-hybridized carbons (Fsp3) is 0.161. The van der Waals surface area contributed by atoms with E-state index in [2.05, 4.69) is 20.9 Å². The molecular formula is C56H53BrN2O11. The van der Waals surface area contributed by atoms with Crippen LogP contribution in [0.2, 0.25) is 0 Å². The van der Waals surface area contributed by atoms with Crippen LogP contribution in [-0.2, 0) is 9.53 Å². The van der Waals surface area contributed by atoms with Crippen LogP contribution in [0, 0.1) is 0 Å². The number of Topliss-reactive ketones (excluding diaryl/α,β-unsaturated/α-hetero) is 3. The fourth-order valence-corrected chi connectivity index (χ4v) is 7.88. The number of aromatic nitrogens is 1. The summed E-state index contributed by atoms with van der Waals surface area (Å²) in [5, 5.41) is 16.9. The lowest BCUT2D eigenvalue weighted by molar-refractivity contribution is -0.139. The monoisotopic (exact) mass is 1010 g/mol. The molecule has 0 aliphatic rings. The van der Waals surface area contributed by atoms with Crippen molar-refractivity contribution in [2.45, 2.75) is 14.4 Å². The second-order valence-corrected chi connectivity index (χ2v) is 15.4. The number of nitrogens with zero attached hydrogens (tertiary/aromatic N) is 1. The summed E-state index contributed by atoms with van der Waals surface area (Å²) >= 11 is 3.20. The molecule has 13 nitrogen and oxygen atoms in total. The molecule has 3 N–H and O–H groups in total. The lowest BCUT2D eigenvalue weighted by Crippen LogP contribution is -2.13. The number of rotatable bonds is 12. The third-order valence-electron chi connectivity index (χ3n) is 10.7. The number of ketones is 3. The maximum Gasteiger partial charge on any atom is 0.303 e. The molecule has 0 spiro atoms. The number of hydrogen-bond acceptors (Lipinski definition) is 13. The third kappa shape index (κ3) is 12.3. The maximum atomic E-state index is 12.2. The highest BCUT2D eigenvalue weighted by atomic mass is 79.9. The molecule has 360 valence electrons. The van der Waals surface area contributed by atoms with E-state index in [1.54, 1.807) is 32.6 Å². The van der Waals surface area contributed by atoms with Crippen molar-refractivity contribution in [3.05, 3.63) is 169 Å². The molecule has 0 aliphatic heterocycles. The second kappa shape index (κ2) is 25.3. The van der Waals surface area contributed by atoms with Crippen LogP contribution in [0.3, 0.4) is 0 Å². The maximum absolute atomic E-state index is 12.2. The van der Waals surface area contributed by atoms with Gasteiger partial charge in [-0.2, -0.15) is 4.98 Å². The van der Waals surface area contributed by atoms with E-state index in [-0.39, 0.29) is 37.4 Å². The Morgan fingerprint density at radius 2 is 0.914 bits per heavy atom. The number of aliphatic hydroxyl groups is 1. The van der Waals surface area contributed by atoms with E-state index in [9.17, 15) is 19.2 Å². The molecule has 9 aromatic rings. The van der Waals surface area contributed by atoms with Gasteiger partial charge < -0.3 is 38.9 Å². The zero-order valence-electron chi connectivity index (χ0n) is 38.5. The number of carbonyl (C=O) groups excluding carboxylic acids is 4. The summed E-state index contributed by atoms with van der Waals surface area (Å²) in [6.45, 7) is 0.484. The van der Waals surface area contributed by atoms with E-state index in [1.807, 2.05) is 133 Å². The number of nitrogen functional groups attached to an aromatic ring is 1. The number of benzene rings is 8. The van der Waals surface area contributed by atoms with Crippen LogP contribution >= 0.6 is 15.9 Å². The highest BCUT2D eigenvalue weighted by Gasteiger charge is 2.19. The van der Waals surface area contributed by atoms with Crippen LogP contribution in [0.5, 0.6) is 23.0 Å². The first-order chi connectivity index (χ1) is 33.5. The third-order valence-corrected chi connectivity index (χ3v) is 11.2. The van der Waals surface area contributed by atoms with Crippen LogP contribution in [0.1, 0.15) is 45.4 Å². The van der Waals surface area contributed by atoms with E-state index >= 15 is 0 Å². The molecule has 0 saturated carbocycles. The largest absolute Gasteiger partial charge is 0.496 e. The van der Waals surface area contributed by atoms with Crippen LogP contribution in [0.25, 0.3) is 54.3 Å². The van der Waals surface area contributed by atoms with Crippen molar-refractivity contribution in [1.29, 1.82) is 0 Å². The minimum absolute atomic E-state index is 0. The van der Waals surface area contributed by atoms with E-state index in [1.165, 1.54) is 21.1 Å². The van der Waals surface area contributed by atoms with Gasteiger partial charge in [-0.15, -0.1) is 0 Å². The average Bonchev–Trinajstić information content (AvgIpc) is 3.83. The van der Waals surface area contributed by atoms with Gasteiger partial charge >= 0.3 is 5.97 Å². The van der Waals surface area contributed by atoms with Gasteiger partial charge in [0.2, 0.25) is 5.78 Å². The van der Waals surface area contributed by atoms with Gasteiger partial charge in [0.25, 0.3) is 6.01 Å². The van der Waals surface area contributed by atoms with Crippen LogP contribution < -0.4 is 24.7 Å². The number of aliphatic hydroxyl groups excluding tert-OH is 1. The van der Waals surface area contributed by atoms with Gasteiger partial charge in [0.05, 0.1) is 56.0 Å². The average molecular weight is 1010 g/mol. The summed E-state index contributed by atoms with van der Waals surface area (Å²) in [4.78, 5) is 50.7. The van der Waals surface area contributed by atoms with E-state index in [4.69, 9.17) is 38.9 Å². The van der Waals surface area contributed by atoms with Crippen LogP contribution in [0.4, 0.5) is 6.01 Å². The Hall–Kier alpha value is -8.07. The van der Waals surface area contributed by atoms with Crippen molar-refractivity contribution in [2.24, 2.45) is 0 Å². The molecule has 1 heterocycles. The number of esters is 1. The quantitative estimate of drug-likeness (QED) is 0.0669. The van der Waals surface area contributed by atoms with E-state index in [0.717, 1.165) is 54.4 Å². The summed E-state index contributed by atoms with van der Waals surface area (Å²) in [5.41, 5.74) is 8.66. The Balaban J connectivity index is 0.000000173. The van der Waals surface area contributed by atoms with Crippen molar-refractivity contribution in [3.8, 4) is 34.3 Å². The molecule has 0 radical (unpaired) electrons. The molecule has 0 bridgehead atoms. The molecule has 9 rings (SSSR count). The smallest absolute Gasteiger partial charge is 0.303 e. The number of halogens is 1. The van der Waals surface area contributed by atoms with Crippen molar-refractivity contribution in [2.75, 3.05) is 52.7 Å². The number of nitrogens with two attached hydrogens (primary N) is 1. The topological polar surface area (TPSA) is 187 Å². The van der Waals surface area contributed by atoms with Gasteiger partial charge in [-0.25, -0.2) is 0 Å². The normalized spacial score (nSPS) is 10.3. The van der Waals surface area contributed by atoms with Gasteiger partial charge in [-0.1, -0.05) is 145 Å². The Morgan fingerprint density at radius 3 is 1.29 bits per heavy atom. The minimum Gasteiger partial charge on any atom is -0.496 e. The molecule has 1 aromatic heterocycles. The van der Waals surface area contributed by atoms with Gasteiger partial charge in [0.1, 0.15) is 41.6 Å². The second-order valence-electron chi connectivity index (χ2n) is 14.9. The molecule has 0 saturated heterocycles. The summed E-state index contributed by atoms with van der Waals surface area (Å²) in [6, 6.07) is 46.0. The van der Waals surface area contributed by atoms with Crippen molar-refractivity contribution in [1.82, 2.24) is 4.98 Å². The number of alkyl halides is 1. The Bertz CT molecular complexity index is 3180. The number of hydrogen-bond donors (Lipinski definition) is 2. The lowest BCUT2D eigenvalue weighted by atomic mass is 10.0. The first-order valence-electron chi connectivity index (χ1n) is 21.3. The SMILES string of the molecule is C.COc1ccc2ccccc2c1-c1coc(N)n1.COc1ccc2ccccc2c1C(=O)CBr.COc1ccc2ccccc2c1C(=O)CO.COc1ccc2ccccc2c1C(=O)COC(C)=O. The van der Waals surface area contributed by atoms with Crippen molar-refractivity contribution < 1.29 is 52.4 Å². The number of carbonyl (C=O) groups is 4. The zero-order chi connectivity index (χ0) is 49.5. The van der Waals surface area contributed by atoms with Gasteiger partial charge in [0, 0.05) is 6.92 Å². The number of methoxy groups -OCH3 is 4. The number of fused-ring (bicyclic) bond motifs is 4. The Labute approximate surface area is 413 Å². The molecular weight excluding hydrogens is 957 g/mol. The van der Waals surface area contributed by atoms with Gasteiger partial charge in [0.15, 0.2) is 18.2 Å². The predicted octanol–water partition coefficient (Wildman–Crippen LogP) is 11.8. The first kappa shape index (κ1) is 52.9. The van der Waals surface area contributed by atoms with E-state index in [0.29, 0.717) is 45.0 Å². The highest BCUT2D eigenvalue weighted by molar-refractivity contribution is 9.09. The standard InChI is InChI=1S/C15H14O4.C14H12N2O2.C13H11BrO2.C13H12O3.CH4/c1-10(16)19-9-13(17)15-12-6-4-3-5-11(12)7-8-14(15)18-2;1-17-12-7-6-9-4-2-3-5-10(9)13(12)11-8-18-14(15)16-11;2*1-16-12-7-6-9-4-2-3-5-10(9)13(12)11(15)8-14;/h3-8H,9H2,1-2H3;2-8H,1H3,(H2,15,16);2-7H,8H2,1H3;2-7,14H,8H2,1H3;1H4. The van der Waals surface area contributed by atoms with E-state index < -0.39 is 12.6 Å². The molecule has 0 fully saturated rings. The van der Waals surface area contributed by atoms with Crippen LogP contribution in [0.15, 0.2) is 156 Å². The van der Waals surface area contributed by atoms with Gasteiger partial charge in [-0.05, 0) is 67.4 Å². The summed E-state index contributed by atoms with van der Waals surface area (Å²) in [7, 11) is 6.23. The van der Waals surface area contributed by atoms with Gasteiger partial charge in [-0.3, -0.25) is 19.2 Å². The van der Waals surface area contributed by atoms with Crippen LogP contribution in [-0.4, -0.2) is 80.4 Å². The zero-order valence-corrected chi connectivity index (χ0v) is 40.1. The summed E-state index contributed by atoms with van der Waals surface area (Å²) in [5.74, 6) is 1.32. The lowest BCUT2D eigenvalue weighted by Gasteiger charge is -2.11. The molecule has 70 heavy (non-hydrogen) atoms. The molecule has 8 aromatic carbocycles. The fourth-order valence-electron chi connectivity index (χ4n) is 7.60. The summed E-state index contributed by atoms with van der Waals surface area (Å²) in [6.07, 6.45) is 1.54. The molecule has 0 atom stereocenters. The number of anilines is 1. The first-order valence-corrected chi connectivity index (χ1v) is 22.4. The molecule has 14 heteroatoms. The number of oxazole rings is 1. The van der Waals surface area contributed by atoms with Crippen molar-refractivity contribution in [3.63, 3.8) is 0 Å². The Kier molecular flexibility index (Phi) is 19.1. The number of ether oxygens (including phenoxy) is 5. The molecule has 0 unspecified atom stereocenters. The Morgan fingerprint density at radius 1 is 0.543 bits per heavy atom. The minimum atomic E-state index is -0.510. The predicted molar refractivity (Wildman–Crippen MR) is 279 cm³/mol. The highest BCUT2D eigenvalue weighted by Crippen LogP contribution is 2.37. The molecule has 0 amide bonds. The van der Waals surface area contributed by atoms with Crippen molar-refractivity contribution >= 4 is 88.4 Å².